The smallest absolute Gasteiger partial charge is 0.227 e. The minimum atomic E-state index is -0.409. The highest BCUT2D eigenvalue weighted by atomic mass is 79.9. The van der Waals surface area contributed by atoms with Gasteiger partial charge >= 0.3 is 0 Å². The Balaban J connectivity index is 2.18. The van der Waals surface area contributed by atoms with Crippen LogP contribution < -0.4 is 5.32 Å². The second-order valence-corrected chi connectivity index (χ2v) is 4.21. The summed E-state index contributed by atoms with van der Waals surface area (Å²) >= 11 is 3.19. The van der Waals surface area contributed by atoms with Crippen LogP contribution in [0.4, 0.5) is 10.1 Å². The van der Waals surface area contributed by atoms with Crippen molar-refractivity contribution in [3.05, 3.63) is 28.5 Å². The van der Waals surface area contributed by atoms with Crippen molar-refractivity contribution in [1.29, 1.82) is 0 Å². The van der Waals surface area contributed by atoms with Crippen LogP contribution in [0.25, 0.3) is 0 Å². The first kappa shape index (κ1) is 9.65. The van der Waals surface area contributed by atoms with E-state index in [-0.39, 0.29) is 17.5 Å². The lowest BCUT2D eigenvalue weighted by Gasteiger charge is -2.07. The van der Waals surface area contributed by atoms with E-state index < -0.39 is 5.82 Å². The van der Waals surface area contributed by atoms with Crippen LogP contribution in [0, 0.1) is 11.7 Å². The van der Waals surface area contributed by atoms with Crippen molar-refractivity contribution in [2.24, 2.45) is 5.92 Å². The zero-order chi connectivity index (χ0) is 10.1. The van der Waals surface area contributed by atoms with Crippen LogP contribution in [0.1, 0.15) is 12.8 Å². The third-order valence-electron chi connectivity index (χ3n) is 2.16. The molecule has 0 radical (unpaired) electrons. The average molecular weight is 258 g/mol. The molecule has 0 saturated heterocycles. The number of carbonyl (C=O) groups is 1. The Morgan fingerprint density at radius 1 is 1.50 bits per heavy atom. The van der Waals surface area contributed by atoms with Crippen molar-refractivity contribution in [1.82, 2.24) is 0 Å². The first-order valence-electron chi connectivity index (χ1n) is 4.43. The third-order valence-corrected chi connectivity index (χ3v) is 2.82. The lowest BCUT2D eigenvalue weighted by molar-refractivity contribution is -0.117. The molecule has 2 nitrogen and oxygen atoms in total. The normalized spacial score (nSPS) is 15.3. The number of hydrogen-bond acceptors (Lipinski definition) is 1. The number of anilines is 1. The van der Waals surface area contributed by atoms with E-state index in [9.17, 15) is 9.18 Å². The van der Waals surface area contributed by atoms with Crippen LogP contribution in [-0.2, 0) is 4.79 Å². The van der Waals surface area contributed by atoms with Crippen LogP contribution in [0.3, 0.4) is 0 Å². The van der Waals surface area contributed by atoms with Crippen LogP contribution in [0.5, 0.6) is 0 Å². The van der Waals surface area contributed by atoms with Gasteiger partial charge in [0.25, 0.3) is 0 Å². The zero-order valence-electron chi connectivity index (χ0n) is 7.39. The number of benzene rings is 1. The largest absolute Gasteiger partial charge is 0.322 e. The average Bonchev–Trinajstić information content (AvgIpc) is 2.94. The Morgan fingerprint density at radius 2 is 2.21 bits per heavy atom. The van der Waals surface area contributed by atoms with Crippen molar-refractivity contribution in [2.75, 3.05) is 5.32 Å². The van der Waals surface area contributed by atoms with Crippen molar-refractivity contribution >= 4 is 27.5 Å². The summed E-state index contributed by atoms with van der Waals surface area (Å²) < 4.78 is 13.8. The maximum atomic E-state index is 13.2. The number of hydrogen-bond donors (Lipinski definition) is 1. The summed E-state index contributed by atoms with van der Waals surface area (Å²) in [5.74, 6) is -0.411. The number of para-hydroxylation sites is 1. The van der Waals surface area contributed by atoms with E-state index in [1.54, 1.807) is 12.1 Å². The van der Waals surface area contributed by atoms with Gasteiger partial charge in [-0.2, -0.15) is 0 Å². The van der Waals surface area contributed by atoms with E-state index in [1.807, 2.05) is 0 Å². The molecule has 0 bridgehead atoms. The molecule has 1 N–H and O–H groups in total. The van der Waals surface area contributed by atoms with Gasteiger partial charge in [-0.05, 0) is 40.9 Å². The van der Waals surface area contributed by atoms with Gasteiger partial charge in [-0.3, -0.25) is 4.79 Å². The van der Waals surface area contributed by atoms with Gasteiger partial charge in [0.15, 0.2) is 0 Å². The molecule has 0 heterocycles. The Hall–Kier alpha value is -0.900. The summed E-state index contributed by atoms with van der Waals surface area (Å²) in [5, 5.41) is 2.58. The fraction of sp³-hybridized carbons (Fsp3) is 0.300. The van der Waals surface area contributed by atoms with Gasteiger partial charge in [-0.1, -0.05) is 6.07 Å². The molecule has 1 aliphatic rings. The Kier molecular flexibility index (Phi) is 2.54. The molecule has 0 atom stereocenters. The predicted molar refractivity (Wildman–Crippen MR) is 55.5 cm³/mol. The van der Waals surface area contributed by atoms with E-state index in [2.05, 4.69) is 21.2 Å². The second-order valence-electron chi connectivity index (χ2n) is 3.36. The second kappa shape index (κ2) is 3.69. The zero-order valence-corrected chi connectivity index (χ0v) is 8.97. The van der Waals surface area contributed by atoms with Crippen LogP contribution >= 0.6 is 15.9 Å². The monoisotopic (exact) mass is 257 g/mol. The van der Waals surface area contributed by atoms with Crippen LogP contribution in [0.15, 0.2) is 22.7 Å². The molecule has 0 unspecified atom stereocenters. The first-order valence-corrected chi connectivity index (χ1v) is 5.22. The molecule has 1 saturated carbocycles. The van der Waals surface area contributed by atoms with Gasteiger partial charge in [0.05, 0.1) is 5.69 Å². The molecular formula is C10H9BrFNO. The topological polar surface area (TPSA) is 29.1 Å². The molecular weight excluding hydrogens is 249 g/mol. The molecule has 1 fully saturated rings. The minimum Gasteiger partial charge on any atom is -0.322 e. The maximum Gasteiger partial charge on any atom is 0.227 e. The van der Waals surface area contributed by atoms with E-state index in [0.29, 0.717) is 4.47 Å². The number of halogens is 2. The van der Waals surface area contributed by atoms with E-state index >= 15 is 0 Å². The molecule has 0 spiro atoms. The molecule has 0 aliphatic heterocycles. The fourth-order valence-electron chi connectivity index (χ4n) is 1.19. The standard InChI is InChI=1S/C10H9BrFNO/c11-7-2-1-3-8(12)9(7)13-10(14)6-4-5-6/h1-3,6H,4-5H2,(H,13,14). The number of carbonyl (C=O) groups excluding carboxylic acids is 1. The van der Waals surface area contributed by atoms with Gasteiger partial charge in [0.2, 0.25) is 5.91 Å². The van der Waals surface area contributed by atoms with Gasteiger partial charge < -0.3 is 5.32 Å². The molecule has 1 aromatic rings. The molecule has 0 aromatic heterocycles. The number of amides is 1. The first-order chi connectivity index (χ1) is 6.68. The van der Waals surface area contributed by atoms with Crippen molar-refractivity contribution in [2.45, 2.75) is 12.8 Å². The summed E-state index contributed by atoms with van der Waals surface area (Å²) in [4.78, 5) is 11.4. The highest BCUT2D eigenvalue weighted by Gasteiger charge is 2.30. The SMILES string of the molecule is O=C(Nc1c(F)cccc1Br)C1CC1. The van der Waals surface area contributed by atoms with Crippen molar-refractivity contribution in [3.63, 3.8) is 0 Å². The van der Waals surface area contributed by atoms with E-state index in [1.165, 1.54) is 6.07 Å². The maximum absolute atomic E-state index is 13.2. The summed E-state index contributed by atoms with van der Waals surface area (Å²) in [6.07, 6.45) is 1.83. The quantitative estimate of drug-likeness (QED) is 0.868. The Morgan fingerprint density at radius 3 is 2.79 bits per heavy atom. The lowest BCUT2D eigenvalue weighted by Crippen LogP contribution is -2.14. The van der Waals surface area contributed by atoms with E-state index in [0.717, 1.165) is 12.8 Å². The van der Waals surface area contributed by atoms with Crippen molar-refractivity contribution < 1.29 is 9.18 Å². The third kappa shape index (κ3) is 1.95. The minimum absolute atomic E-state index is 0.0847. The Labute approximate surface area is 89.6 Å². The summed E-state index contributed by atoms with van der Waals surface area (Å²) in [6, 6.07) is 4.62. The summed E-state index contributed by atoms with van der Waals surface area (Å²) in [7, 11) is 0. The van der Waals surface area contributed by atoms with Gasteiger partial charge in [0.1, 0.15) is 5.82 Å². The molecule has 1 amide bonds. The Bertz CT molecular complexity index is 356. The number of rotatable bonds is 2. The van der Waals surface area contributed by atoms with Crippen LogP contribution in [-0.4, -0.2) is 5.91 Å². The summed E-state index contributed by atoms with van der Waals surface area (Å²) in [6.45, 7) is 0. The fourth-order valence-corrected chi connectivity index (χ4v) is 1.63. The number of nitrogens with one attached hydrogen (secondary N) is 1. The van der Waals surface area contributed by atoms with Crippen LogP contribution in [0.2, 0.25) is 0 Å². The summed E-state index contributed by atoms with van der Waals surface area (Å²) in [5.41, 5.74) is 0.240. The molecule has 2 rings (SSSR count). The molecule has 74 valence electrons. The highest BCUT2D eigenvalue weighted by Crippen LogP contribution is 2.32. The van der Waals surface area contributed by atoms with Gasteiger partial charge in [0, 0.05) is 10.4 Å². The molecule has 14 heavy (non-hydrogen) atoms. The van der Waals surface area contributed by atoms with Gasteiger partial charge in [-0.15, -0.1) is 0 Å². The predicted octanol–water partition coefficient (Wildman–Crippen LogP) is 2.94. The molecule has 1 aromatic carbocycles. The molecule has 4 heteroatoms. The van der Waals surface area contributed by atoms with Crippen molar-refractivity contribution in [3.8, 4) is 0 Å². The highest BCUT2D eigenvalue weighted by molar-refractivity contribution is 9.10. The lowest BCUT2D eigenvalue weighted by atomic mass is 10.3. The van der Waals surface area contributed by atoms with Gasteiger partial charge in [-0.25, -0.2) is 4.39 Å². The van der Waals surface area contributed by atoms with E-state index in [4.69, 9.17) is 0 Å². The molecule has 1 aliphatic carbocycles.